The predicted octanol–water partition coefficient (Wildman–Crippen LogP) is 5.05. The Kier molecular flexibility index (Phi) is 7.38. The Balaban J connectivity index is 1.53. The Hall–Kier alpha value is -2.38. The number of carbonyl (C=O) groups excluding carboxylic acids is 1. The maximum Gasteiger partial charge on any atom is 0.243 e. The predicted molar refractivity (Wildman–Crippen MR) is 119 cm³/mol. The number of para-hydroxylation sites is 1. The Morgan fingerprint density at radius 2 is 1.52 bits per heavy atom. The zero-order valence-corrected chi connectivity index (χ0v) is 19.2. The molecule has 1 N–H and O–H groups in total. The van der Waals surface area contributed by atoms with Gasteiger partial charge in [-0.3, -0.25) is 9.63 Å². The third-order valence-corrected chi connectivity index (χ3v) is 7.59. The fourth-order valence-electron chi connectivity index (χ4n) is 3.67. The highest BCUT2D eigenvalue weighted by molar-refractivity contribution is 7.92. The average Bonchev–Trinajstić information content (AvgIpc) is 2.73. The van der Waals surface area contributed by atoms with Crippen LogP contribution in [0.15, 0.2) is 59.5 Å². The maximum atomic E-state index is 13.1. The molecule has 0 bridgehead atoms. The van der Waals surface area contributed by atoms with E-state index in [0.717, 1.165) is 0 Å². The topological polar surface area (TPSA) is 81.7 Å². The molecule has 0 aromatic heterocycles. The number of ether oxygens (including phenoxy) is 1. The minimum absolute atomic E-state index is 0.157. The van der Waals surface area contributed by atoms with Crippen LogP contribution < -0.4 is 10.2 Å². The van der Waals surface area contributed by atoms with Crippen molar-refractivity contribution in [2.75, 3.05) is 0 Å². The number of benzene rings is 2. The van der Waals surface area contributed by atoms with Crippen molar-refractivity contribution < 1.29 is 22.8 Å². The van der Waals surface area contributed by atoms with E-state index < -0.39 is 20.7 Å². The minimum atomic E-state index is -3.41. The lowest BCUT2D eigenvalue weighted by Gasteiger charge is -2.28. The van der Waals surface area contributed by atoms with E-state index in [1.54, 1.807) is 24.3 Å². The van der Waals surface area contributed by atoms with Crippen LogP contribution in [0, 0.1) is 5.92 Å². The molecule has 0 aliphatic heterocycles. The third kappa shape index (κ3) is 6.80. The molecule has 6 nitrogen and oxygen atoms in total. The molecule has 1 saturated carbocycles. The monoisotopic (exact) mass is 445 g/mol. The zero-order valence-electron chi connectivity index (χ0n) is 18.3. The molecule has 1 aliphatic rings. The Labute approximate surface area is 184 Å². The van der Waals surface area contributed by atoms with Gasteiger partial charge < -0.3 is 4.74 Å². The first kappa shape index (κ1) is 23.3. The van der Waals surface area contributed by atoms with Crippen LogP contribution in [-0.4, -0.2) is 25.2 Å². The molecule has 1 fully saturated rings. The van der Waals surface area contributed by atoms with Crippen molar-refractivity contribution in [2.24, 2.45) is 5.92 Å². The number of hydroxylamine groups is 1. The molecular formula is C24H31NO5S. The lowest BCUT2D eigenvalue weighted by Crippen LogP contribution is -2.35. The summed E-state index contributed by atoms with van der Waals surface area (Å²) in [6.45, 7) is 5.59. The van der Waals surface area contributed by atoms with Crippen molar-refractivity contribution in [2.45, 2.75) is 68.6 Å². The van der Waals surface area contributed by atoms with Crippen molar-refractivity contribution >= 4 is 15.7 Å². The maximum absolute atomic E-state index is 13.1. The average molecular weight is 446 g/mol. The SMILES string of the molecule is CC(C)(C)ONC(=O)CC1CCC(S(=O)(=O)c2ccc(Oc3ccccc3)cc2)CC1. The second kappa shape index (κ2) is 9.83. The number of nitrogens with one attached hydrogen (secondary N) is 1. The number of carbonyl (C=O) groups is 1. The third-order valence-electron chi connectivity index (χ3n) is 5.31. The highest BCUT2D eigenvalue weighted by Gasteiger charge is 2.33. The van der Waals surface area contributed by atoms with E-state index in [-0.39, 0.29) is 11.8 Å². The second-order valence-electron chi connectivity index (χ2n) is 9.02. The van der Waals surface area contributed by atoms with Gasteiger partial charge in [0.25, 0.3) is 0 Å². The smallest absolute Gasteiger partial charge is 0.243 e. The van der Waals surface area contributed by atoms with Crippen molar-refractivity contribution in [3.05, 3.63) is 54.6 Å². The summed E-state index contributed by atoms with van der Waals surface area (Å²) < 4.78 is 31.9. The quantitative estimate of drug-likeness (QED) is 0.603. The molecule has 168 valence electrons. The number of rotatable bonds is 7. The van der Waals surface area contributed by atoms with Crippen LogP contribution >= 0.6 is 0 Å². The van der Waals surface area contributed by atoms with E-state index >= 15 is 0 Å². The van der Waals surface area contributed by atoms with E-state index in [2.05, 4.69) is 5.48 Å². The van der Waals surface area contributed by atoms with Gasteiger partial charge >= 0.3 is 0 Å². The molecule has 2 aromatic rings. The van der Waals surface area contributed by atoms with Gasteiger partial charge in [-0.05, 0) is 88.8 Å². The molecule has 1 amide bonds. The van der Waals surface area contributed by atoms with Crippen LogP contribution in [0.2, 0.25) is 0 Å². The summed E-state index contributed by atoms with van der Waals surface area (Å²) in [6, 6.07) is 15.9. The van der Waals surface area contributed by atoms with E-state index in [4.69, 9.17) is 9.57 Å². The molecule has 2 aromatic carbocycles. The van der Waals surface area contributed by atoms with Crippen molar-refractivity contribution in [3.63, 3.8) is 0 Å². The first-order valence-electron chi connectivity index (χ1n) is 10.7. The summed E-state index contributed by atoms with van der Waals surface area (Å²) in [5.74, 6) is 1.32. The van der Waals surface area contributed by atoms with E-state index in [1.165, 1.54) is 0 Å². The molecule has 0 radical (unpaired) electrons. The number of amides is 1. The normalized spacial score (nSPS) is 19.6. The van der Waals surface area contributed by atoms with Crippen LogP contribution in [0.5, 0.6) is 11.5 Å². The summed E-state index contributed by atoms with van der Waals surface area (Å²) >= 11 is 0. The minimum Gasteiger partial charge on any atom is -0.457 e. The van der Waals surface area contributed by atoms with Crippen LogP contribution in [0.4, 0.5) is 0 Å². The van der Waals surface area contributed by atoms with Crippen molar-refractivity contribution in [3.8, 4) is 11.5 Å². The fourth-order valence-corrected chi connectivity index (χ4v) is 5.47. The van der Waals surface area contributed by atoms with E-state index in [9.17, 15) is 13.2 Å². The van der Waals surface area contributed by atoms with Gasteiger partial charge in [0.15, 0.2) is 9.84 Å². The molecule has 31 heavy (non-hydrogen) atoms. The summed E-state index contributed by atoms with van der Waals surface area (Å²) in [4.78, 5) is 17.7. The molecule has 3 rings (SSSR count). The first-order chi connectivity index (χ1) is 14.6. The Morgan fingerprint density at radius 1 is 0.935 bits per heavy atom. The van der Waals surface area contributed by atoms with Gasteiger partial charge in [-0.25, -0.2) is 13.9 Å². The first-order valence-corrected chi connectivity index (χ1v) is 12.2. The molecule has 0 heterocycles. The number of sulfone groups is 1. The van der Waals surface area contributed by atoms with Crippen molar-refractivity contribution in [1.29, 1.82) is 0 Å². The van der Waals surface area contributed by atoms with Crippen LogP contribution in [0.1, 0.15) is 52.9 Å². The van der Waals surface area contributed by atoms with Gasteiger partial charge in [-0.15, -0.1) is 0 Å². The van der Waals surface area contributed by atoms with Gasteiger partial charge in [0.05, 0.1) is 15.7 Å². The highest BCUT2D eigenvalue weighted by atomic mass is 32.2. The molecule has 0 atom stereocenters. The summed E-state index contributed by atoms with van der Waals surface area (Å²) in [5, 5.41) is -0.418. The van der Waals surface area contributed by atoms with Gasteiger partial charge in [0.2, 0.25) is 5.91 Å². The molecule has 0 saturated heterocycles. The molecule has 0 spiro atoms. The largest absolute Gasteiger partial charge is 0.457 e. The van der Waals surface area contributed by atoms with Crippen LogP contribution in [0.25, 0.3) is 0 Å². The summed E-state index contributed by atoms with van der Waals surface area (Å²) in [5.41, 5.74) is 2.05. The summed E-state index contributed by atoms with van der Waals surface area (Å²) in [7, 11) is -3.41. The Morgan fingerprint density at radius 3 is 2.10 bits per heavy atom. The van der Waals surface area contributed by atoms with Crippen molar-refractivity contribution in [1.82, 2.24) is 5.48 Å². The van der Waals surface area contributed by atoms with Crippen LogP contribution in [0.3, 0.4) is 0 Å². The van der Waals surface area contributed by atoms with Gasteiger partial charge in [0, 0.05) is 6.42 Å². The summed E-state index contributed by atoms with van der Waals surface area (Å²) in [6.07, 6.45) is 2.89. The number of hydrogen-bond acceptors (Lipinski definition) is 5. The van der Waals surface area contributed by atoms with E-state index in [1.807, 2.05) is 51.1 Å². The molecular weight excluding hydrogens is 414 g/mol. The zero-order chi connectivity index (χ0) is 22.5. The lowest BCUT2D eigenvalue weighted by atomic mass is 9.86. The Bertz CT molecular complexity index is 957. The lowest BCUT2D eigenvalue weighted by molar-refractivity contribution is -0.146. The highest BCUT2D eigenvalue weighted by Crippen LogP contribution is 2.34. The van der Waals surface area contributed by atoms with Gasteiger partial charge in [-0.1, -0.05) is 18.2 Å². The standard InChI is InChI=1S/C24H31NO5S/c1-24(2,3)30-25-23(26)17-18-9-13-21(14-10-18)31(27,28)22-15-11-20(12-16-22)29-19-7-5-4-6-8-19/h4-8,11-12,15-16,18,21H,9-10,13-14,17H2,1-3H3,(H,25,26). The number of hydrogen-bond donors (Lipinski definition) is 1. The van der Waals surface area contributed by atoms with Gasteiger partial charge in [-0.2, -0.15) is 0 Å². The molecule has 0 unspecified atom stereocenters. The van der Waals surface area contributed by atoms with Crippen LogP contribution in [-0.2, 0) is 19.5 Å². The molecule has 7 heteroatoms. The van der Waals surface area contributed by atoms with E-state index in [0.29, 0.717) is 48.5 Å². The fraction of sp³-hybridized carbons (Fsp3) is 0.458. The van der Waals surface area contributed by atoms with Gasteiger partial charge in [0.1, 0.15) is 11.5 Å². The second-order valence-corrected chi connectivity index (χ2v) is 11.2. The molecule has 1 aliphatic carbocycles.